The van der Waals surface area contributed by atoms with Crippen molar-refractivity contribution in [3.05, 3.63) is 66.7 Å². The molecule has 0 amide bonds. The van der Waals surface area contributed by atoms with E-state index in [4.69, 9.17) is 14.6 Å². The fourth-order valence-electron chi connectivity index (χ4n) is 2.07. The first-order valence-electron chi connectivity index (χ1n) is 8.87. The molecule has 1 N–H and O–H groups in total. The van der Waals surface area contributed by atoms with Gasteiger partial charge in [0, 0.05) is 19.3 Å². The number of carboxylic acids is 1. The van der Waals surface area contributed by atoms with E-state index in [-0.39, 0.29) is 5.56 Å². The number of carbonyl (C=O) groups is 2. The average Bonchev–Trinajstić information content (AvgIpc) is 2.69. The highest BCUT2D eigenvalue weighted by Crippen LogP contribution is 2.23. The number of hydrogen-bond donors (Lipinski definition) is 1. The molecule has 0 aliphatic heterocycles. The normalized spacial score (nSPS) is 9.70. The van der Waals surface area contributed by atoms with Gasteiger partial charge in [0.1, 0.15) is 5.75 Å². The van der Waals surface area contributed by atoms with E-state index in [0.717, 1.165) is 43.3 Å². The minimum absolute atomic E-state index is 0.241. The molecule has 0 spiro atoms. The summed E-state index contributed by atoms with van der Waals surface area (Å²) in [5.41, 5.74) is 2.03. The second-order valence-corrected chi connectivity index (χ2v) is 5.64. The minimum Gasteiger partial charge on any atom is -0.478 e. The summed E-state index contributed by atoms with van der Waals surface area (Å²) in [7, 11) is 0. The molecule has 0 saturated heterocycles. The molecule has 0 atom stereocenters. The first-order chi connectivity index (χ1) is 13.0. The number of ether oxygens (including phenoxy) is 2. The zero-order chi connectivity index (χ0) is 20.1. The Balaban J connectivity index is 0.000000445. The molecule has 5 nitrogen and oxygen atoms in total. The molecule has 144 valence electrons. The number of aromatic carboxylic acids is 1. The Morgan fingerprint density at radius 1 is 0.926 bits per heavy atom. The van der Waals surface area contributed by atoms with E-state index in [0.29, 0.717) is 5.75 Å². The van der Waals surface area contributed by atoms with Gasteiger partial charge in [0.2, 0.25) is 0 Å². The number of esters is 1. The van der Waals surface area contributed by atoms with Crippen LogP contribution in [0.5, 0.6) is 5.75 Å². The van der Waals surface area contributed by atoms with Gasteiger partial charge >= 0.3 is 11.9 Å². The van der Waals surface area contributed by atoms with Crippen molar-refractivity contribution in [3.8, 4) is 16.9 Å². The van der Waals surface area contributed by atoms with Gasteiger partial charge in [0.15, 0.2) is 0 Å². The van der Waals surface area contributed by atoms with E-state index in [9.17, 15) is 9.59 Å². The standard InChI is InChI=1S/C16H12O4.C6H14O/c1-2-15(17)20-14-9-7-12(8-10-14)11-3-5-13(6-4-11)16(18)19;1-3-5-7-6-4-2/h2-10H,1H2,(H,18,19);3-6H2,1-2H3. The molecular formula is C22H26O5. The van der Waals surface area contributed by atoms with Crippen LogP contribution in [0.4, 0.5) is 0 Å². The van der Waals surface area contributed by atoms with Crippen molar-refractivity contribution in [2.45, 2.75) is 26.7 Å². The third kappa shape index (κ3) is 8.33. The van der Waals surface area contributed by atoms with Gasteiger partial charge in [-0.3, -0.25) is 0 Å². The van der Waals surface area contributed by atoms with Crippen LogP contribution in [0.3, 0.4) is 0 Å². The van der Waals surface area contributed by atoms with Crippen LogP contribution in [0.1, 0.15) is 37.0 Å². The highest BCUT2D eigenvalue weighted by molar-refractivity contribution is 5.88. The van der Waals surface area contributed by atoms with E-state index < -0.39 is 11.9 Å². The molecule has 0 radical (unpaired) electrons. The fourth-order valence-corrected chi connectivity index (χ4v) is 2.07. The van der Waals surface area contributed by atoms with E-state index >= 15 is 0 Å². The monoisotopic (exact) mass is 370 g/mol. The molecule has 2 aromatic carbocycles. The number of carboxylic acid groups (broad SMARTS) is 1. The molecular weight excluding hydrogens is 344 g/mol. The summed E-state index contributed by atoms with van der Waals surface area (Å²) in [6, 6.07) is 13.5. The Bertz CT molecular complexity index is 713. The van der Waals surface area contributed by atoms with Crippen LogP contribution in [0.15, 0.2) is 61.2 Å². The number of hydrogen-bond acceptors (Lipinski definition) is 4. The Kier molecular flexibility index (Phi) is 10.2. The zero-order valence-corrected chi connectivity index (χ0v) is 15.8. The van der Waals surface area contributed by atoms with Gasteiger partial charge in [-0.25, -0.2) is 9.59 Å². The molecule has 0 aliphatic carbocycles. The van der Waals surface area contributed by atoms with E-state index in [1.54, 1.807) is 48.5 Å². The predicted octanol–water partition coefficient (Wildman–Crippen LogP) is 4.97. The predicted molar refractivity (Wildman–Crippen MR) is 106 cm³/mol. The molecule has 5 heteroatoms. The van der Waals surface area contributed by atoms with E-state index in [1.807, 2.05) is 0 Å². The molecule has 27 heavy (non-hydrogen) atoms. The number of benzene rings is 2. The maximum Gasteiger partial charge on any atom is 0.335 e. The van der Waals surface area contributed by atoms with Crippen molar-refractivity contribution in [2.75, 3.05) is 13.2 Å². The lowest BCUT2D eigenvalue weighted by Crippen LogP contribution is -2.02. The van der Waals surface area contributed by atoms with Crippen molar-refractivity contribution in [1.29, 1.82) is 0 Å². The van der Waals surface area contributed by atoms with Gasteiger partial charge in [-0.05, 0) is 48.2 Å². The Morgan fingerprint density at radius 2 is 1.41 bits per heavy atom. The maximum absolute atomic E-state index is 11.0. The van der Waals surface area contributed by atoms with Crippen LogP contribution < -0.4 is 4.74 Å². The second-order valence-electron chi connectivity index (χ2n) is 5.64. The first kappa shape index (κ1) is 22.1. The highest BCUT2D eigenvalue weighted by atomic mass is 16.5. The summed E-state index contributed by atoms with van der Waals surface area (Å²) in [4.78, 5) is 21.8. The smallest absolute Gasteiger partial charge is 0.335 e. The fraction of sp³-hybridized carbons (Fsp3) is 0.273. The Hall–Kier alpha value is -2.92. The summed E-state index contributed by atoms with van der Waals surface area (Å²) in [5.74, 6) is -1.03. The molecule has 0 saturated carbocycles. The first-order valence-corrected chi connectivity index (χ1v) is 8.87. The van der Waals surface area contributed by atoms with Crippen molar-refractivity contribution in [2.24, 2.45) is 0 Å². The van der Waals surface area contributed by atoms with Crippen LogP contribution in [0.25, 0.3) is 11.1 Å². The molecule has 0 unspecified atom stereocenters. The summed E-state index contributed by atoms with van der Waals surface area (Å²) in [6.45, 7) is 9.41. The van der Waals surface area contributed by atoms with Gasteiger partial charge in [0.25, 0.3) is 0 Å². The largest absolute Gasteiger partial charge is 0.478 e. The second kappa shape index (κ2) is 12.4. The highest BCUT2D eigenvalue weighted by Gasteiger charge is 2.04. The van der Waals surface area contributed by atoms with Crippen LogP contribution >= 0.6 is 0 Å². The molecule has 0 aliphatic rings. The van der Waals surface area contributed by atoms with Gasteiger partial charge in [0.05, 0.1) is 5.56 Å². The van der Waals surface area contributed by atoms with Gasteiger partial charge in [-0.2, -0.15) is 0 Å². The Morgan fingerprint density at radius 3 is 1.81 bits per heavy atom. The topological polar surface area (TPSA) is 72.8 Å². The van der Waals surface area contributed by atoms with Crippen LogP contribution in [0.2, 0.25) is 0 Å². The van der Waals surface area contributed by atoms with E-state index in [1.165, 1.54) is 0 Å². The minimum atomic E-state index is -0.955. The molecule has 2 aromatic rings. The number of rotatable bonds is 8. The lowest BCUT2D eigenvalue weighted by atomic mass is 10.0. The quantitative estimate of drug-likeness (QED) is 0.307. The lowest BCUT2D eigenvalue weighted by Gasteiger charge is -2.05. The summed E-state index contributed by atoms with van der Waals surface area (Å²) < 4.78 is 10.1. The van der Waals surface area contributed by atoms with Gasteiger partial charge in [-0.1, -0.05) is 44.7 Å². The Labute approximate surface area is 160 Å². The molecule has 0 fully saturated rings. The zero-order valence-electron chi connectivity index (χ0n) is 15.8. The summed E-state index contributed by atoms with van der Waals surface area (Å²) in [5, 5.41) is 8.83. The third-order valence-corrected chi connectivity index (χ3v) is 3.40. The van der Waals surface area contributed by atoms with Crippen molar-refractivity contribution >= 4 is 11.9 Å². The summed E-state index contributed by atoms with van der Waals surface area (Å²) >= 11 is 0. The van der Waals surface area contributed by atoms with Crippen molar-refractivity contribution < 1.29 is 24.2 Å². The number of carbonyl (C=O) groups excluding carboxylic acids is 1. The van der Waals surface area contributed by atoms with Crippen LogP contribution in [0, 0.1) is 0 Å². The van der Waals surface area contributed by atoms with Crippen molar-refractivity contribution in [1.82, 2.24) is 0 Å². The molecule has 2 rings (SSSR count). The average molecular weight is 370 g/mol. The van der Waals surface area contributed by atoms with Crippen LogP contribution in [-0.2, 0) is 9.53 Å². The summed E-state index contributed by atoms with van der Waals surface area (Å²) in [6.07, 6.45) is 3.37. The van der Waals surface area contributed by atoms with Gasteiger partial charge < -0.3 is 14.6 Å². The van der Waals surface area contributed by atoms with Gasteiger partial charge in [-0.15, -0.1) is 0 Å². The molecule has 0 bridgehead atoms. The molecule has 0 aromatic heterocycles. The molecule has 0 heterocycles. The lowest BCUT2D eigenvalue weighted by molar-refractivity contribution is -0.128. The maximum atomic E-state index is 11.0. The van der Waals surface area contributed by atoms with Crippen LogP contribution in [-0.4, -0.2) is 30.3 Å². The van der Waals surface area contributed by atoms with E-state index in [2.05, 4.69) is 20.4 Å². The van der Waals surface area contributed by atoms with Crippen molar-refractivity contribution in [3.63, 3.8) is 0 Å². The third-order valence-electron chi connectivity index (χ3n) is 3.40. The SMILES string of the molecule is C=CC(=O)Oc1ccc(-c2ccc(C(=O)O)cc2)cc1.CCCOCCC.